The van der Waals surface area contributed by atoms with Gasteiger partial charge in [-0.05, 0) is 31.2 Å². The number of amides is 1. The molecule has 0 N–H and O–H groups in total. The number of hydrogen-bond donors (Lipinski definition) is 0. The van der Waals surface area contributed by atoms with E-state index in [0.29, 0.717) is 6.54 Å². The Kier molecular flexibility index (Phi) is 6.80. The van der Waals surface area contributed by atoms with E-state index < -0.39 is 0 Å². The van der Waals surface area contributed by atoms with Crippen LogP contribution in [0.3, 0.4) is 0 Å². The molecule has 0 heterocycles. The quantitative estimate of drug-likeness (QED) is 0.382. The molecule has 17 heavy (non-hydrogen) atoms. The lowest BCUT2D eigenvalue weighted by Crippen LogP contribution is -2.14. The normalized spacial score (nSPS) is 10.6. The lowest BCUT2D eigenvalue weighted by molar-refractivity contribution is -0.116. The fourth-order valence-corrected chi connectivity index (χ4v) is 1.64. The fraction of sp³-hybridized carbons (Fsp3) is 0.400. The zero-order valence-corrected chi connectivity index (χ0v) is 10.5. The topological polar surface area (TPSA) is 20.3 Å². The van der Waals surface area contributed by atoms with Crippen molar-refractivity contribution in [1.29, 1.82) is 0 Å². The number of aryl methyl sites for hydroxylation is 1. The number of nitrogens with zero attached hydrogens (tertiary/aromatic N) is 1. The van der Waals surface area contributed by atoms with Crippen LogP contribution in [-0.2, 0) is 11.2 Å². The fourth-order valence-electron chi connectivity index (χ4n) is 1.64. The molecule has 2 heteroatoms. The Morgan fingerprint density at radius 2 is 1.88 bits per heavy atom. The summed E-state index contributed by atoms with van der Waals surface area (Å²) in [7, 11) is 1.78. The summed E-state index contributed by atoms with van der Waals surface area (Å²) in [5, 5.41) is 0. The monoisotopic (exact) mass is 231 g/mol. The third-order valence-electron chi connectivity index (χ3n) is 2.67. The third-order valence-corrected chi connectivity index (χ3v) is 2.67. The first-order valence-electron chi connectivity index (χ1n) is 6.17. The molecule has 0 unspecified atom stereocenters. The first-order chi connectivity index (χ1) is 8.33. The van der Waals surface area contributed by atoms with Crippen LogP contribution in [0.15, 0.2) is 42.5 Å². The minimum atomic E-state index is 0.711. The molecule has 0 radical (unpaired) electrons. The van der Waals surface area contributed by atoms with E-state index in [4.69, 9.17) is 0 Å². The highest BCUT2D eigenvalue weighted by Crippen LogP contribution is 2.06. The highest BCUT2D eigenvalue weighted by molar-refractivity contribution is 5.46. The van der Waals surface area contributed by atoms with E-state index in [0.717, 1.165) is 19.3 Å². The molecule has 2 nitrogen and oxygen atoms in total. The molecule has 1 aromatic carbocycles. The molecule has 0 saturated carbocycles. The van der Waals surface area contributed by atoms with Gasteiger partial charge in [-0.15, -0.1) is 0 Å². The van der Waals surface area contributed by atoms with Crippen LogP contribution in [0.4, 0.5) is 0 Å². The molecule has 92 valence electrons. The third kappa shape index (κ3) is 6.56. The van der Waals surface area contributed by atoms with Gasteiger partial charge in [0.05, 0.1) is 0 Å². The van der Waals surface area contributed by atoms with Gasteiger partial charge in [-0.25, -0.2) is 0 Å². The van der Waals surface area contributed by atoms with Gasteiger partial charge in [0.15, 0.2) is 0 Å². The Balaban J connectivity index is 2.03. The molecule has 0 atom stereocenters. The van der Waals surface area contributed by atoms with Gasteiger partial charge in [-0.2, -0.15) is 0 Å². The molecule has 1 aromatic rings. The molecular formula is C15H21NO. The average Bonchev–Trinajstić information content (AvgIpc) is 2.38. The number of hydrogen-bond acceptors (Lipinski definition) is 1. The molecule has 0 aliphatic carbocycles. The standard InChI is InChI=1S/C15H21NO/c1-16(14-17)13-9-4-2-3-6-10-15-11-7-5-8-12-15/h4-5,7-9,11-12,14H,2-3,6,10,13H2,1H3/b9-4+. The number of carbonyl (C=O) groups is 1. The Morgan fingerprint density at radius 1 is 1.12 bits per heavy atom. The minimum absolute atomic E-state index is 0.711. The van der Waals surface area contributed by atoms with E-state index in [1.165, 1.54) is 18.4 Å². The predicted octanol–water partition coefficient (Wildman–Crippen LogP) is 3.04. The Labute approximate surface area is 104 Å². The maximum Gasteiger partial charge on any atom is 0.209 e. The largest absolute Gasteiger partial charge is 0.345 e. The van der Waals surface area contributed by atoms with Crippen molar-refractivity contribution in [2.24, 2.45) is 0 Å². The van der Waals surface area contributed by atoms with Crippen molar-refractivity contribution < 1.29 is 4.79 Å². The number of unbranched alkanes of at least 4 members (excludes halogenated alkanes) is 2. The summed E-state index contributed by atoms with van der Waals surface area (Å²) in [4.78, 5) is 11.9. The Bertz CT molecular complexity index is 332. The van der Waals surface area contributed by atoms with Crippen molar-refractivity contribution in [2.45, 2.75) is 25.7 Å². The summed E-state index contributed by atoms with van der Waals surface area (Å²) < 4.78 is 0. The van der Waals surface area contributed by atoms with E-state index in [2.05, 4.69) is 42.5 Å². The van der Waals surface area contributed by atoms with Crippen molar-refractivity contribution in [3.63, 3.8) is 0 Å². The number of rotatable bonds is 8. The van der Waals surface area contributed by atoms with Gasteiger partial charge >= 0.3 is 0 Å². The first-order valence-corrected chi connectivity index (χ1v) is 6.17. The zero-order chi connectivity index (χ0) is 12.3. The molecule has 0 fully saturated rings. The minimum Gasteiger partial charge on any atom is -0.345 e. The molecular weight excluding hydrogens is 210 g/mol. The van der Waals surface area contributed by atoms with E-state index >= 15 is 0 Å². The predicted molar refractivity (Wildman–Crippen MR) is 71.8 cm³/mol. The number of allylic oxidation sites excluding steroid dienone is 1. The Hall–Kier alpha value is -1.57. The average molecular weight is 231 g/mol. The van der Waals surface area contributed by atoms with Crippen molar-refractivity contribution in [1.82, 2.24) is 4.90 Å². The van der Waals surface area contributed by atoms with Crippen LogP contribution in [0.25, 0.3) is 0 Å². The van der Waals surface area contributed by atoms with Gasteiger partial charge in [-0.3, -0.25) is 4.79 Å². The van der Waals surface area contributed by atoms with E-state index in [-0.39, 0.29) is 0 Å². The van der Waals surface area contributed by atoms with Crippen LogP contribution < -0.4 is 0 Å². The lowest BCUT2D eigenvalue weighted by atomic mass is 10.1. The zero-order valence-electron chi connectivity index (χ0n) is 10.5. The summed E-state index contributed by atoms with van der Waals surface area (Å²) in [6.45, 7) is 0.711. The van der Waals surface area contributed by atoms with Gasteiger partial charge in [0.2, 0.25) is 6.41 Å². The van der Waals surface area contributed by atoms with Crippen molar-refractivity contribution in [2.75, 3.05) is 13.6 Å². The summed E-state index contributed by atoms with van der Waals surface area (Å²) in [6.07, 6.45) is 9.73. The van der Waals surface area contributed by atoms with Crippen molar-refractivity contribution >= 4 is 6.41 Å². The summed E-state index contributed by atoms with van der Waals surface area (Å²) in [5.74, 6) is 0. The smallest absolute Gasteiger partial charge is 0.209 e. The van der Waals surface area contributed by atoms with Gasteiger partial charge in [0, 0.05) is 13.6 Å². The second-order valence-electron chi connectivity index (χ2n) is 4.25. The highest BCUT2D eigenvalue weighted by atomic mass is 16.1. The van der Waals surface area contributed by atoms with Gasteiger partial charge in [0.1, 0.15) is 0 Å². The SMILES string of the molecule is CN(C=O)C/C=C/CCCCc1ccccc1. The Morgan fingerprint density at radius 3 is 2.59 bits per heavy atom. The molecule has 0 spiro atoms. The van der Waals surface area contributed by atoms with Crippen LogP contribution >= 0.6 is 0 Å². The molecule has 0 aliphatic rings. The van der Waals surface area contributed by atoms with Crippen LogP contribution in [0, 0.1) is 0 Å². The van der Waals surface area contributed by atoms with Crippen molar-refractivity contribution in [3.8, 4) is 0 Å². The summed E-state index contributed by atoms with van der Waals surface area (Å²) >= 11 is 0. The lowest BCUT2D eigenvalue weighted by Gasteiger charge is -2.04. The first kappa shape index (κ1) is 13.5. The molecule has 0 aliphatic heterocycles. The van der Waals surface area contributed by atoms with Crippen LogP contribution in [-0.4, -0.2) is 24.9 Å². The van der Waals surface area contributed by atoms with E-state index in [1.54, 1.807) is 11.9 Å². The van der Waals surface area contributed by atoms with Crippen LogP contribution in [0.1, 0.15) is 24.8 Å². The maximum absolute atomic E-state index is 10.3. The summed E-state index contributed by atoms with van der Waals surface area (Å²) in [5.41, 5.74) is 1.41. The van der Waals surface area contributed by atoms with Gasteiger partial charge < -0.3 is 4.90 Å². The highest BCUT2D eigenvalue weighted by Gasteiger charge is 1.91. The molecule has 1 rings (SSSR count). The number of benzene rings is 1. The maximum atomic E-state index is 10.3. The second-order valence-corrected chi connectivity index (χ2v) is 4.25. The van der Waals surface area contributed by atoms with Gasteiger partial charge in [-0.1, -0.05) is 42.5 Å². The van der Waals surface area contributed by atoms with Crippen molar-refractivity contribution in [3.05, 3.63) is 48.0 Å². The second kappa shape index (κ2) is 8.57. The van der Waals surface area contributed by atoms with Gasteiger partial charge in [0.25, 0.3) is 0 Å². The number of likely N-dealkylation sites (N-methyl/N-ethyl adjacent to an activating group) is 1. The molecule has 0 aromatic heterocycles. The molecule has 0 saturated heterocycles. The summed E-state index contributed by atoms with van der Waals surface area (Å²) in [6, 6.07) is 10.6. The van der Waals surface area contributed by atoms with Crippen LogP contribution in [0.2, 0.25) is 0 Å². The molecule has 1 amide bonds. The number of carbonyl (C=O) groups excluding carboxylic acids is 1. The molecule has 0 bridgehead atoms. The van der Waals surface area contributed by atoms with Crippen LogP contribution in [0.5, 0.6) is 0 Å². The van der Waals surface area contributed by atoms with E-state index in [1.807, 2.05) is 0 Å². The van der Waals surface area contributed by atoms with E-state index in [9.17, 15) is 4.79 Å².